The Hall–Kier alpha value is -4.44. The van der Waals surface area contributed by atoms with Gasteiger partial charge in [0, 0.05) is 28.4 Å². The van der Waals surface area contributed by atoms with Crippen molar-refractivity contribution in [2.45, 2.75) is 45.7 Å². The summed E-state index contributed by atoms with van der Waals surface area (Å²) in [6, 6.07) is 42.6. The summed E-state index contributed by atoms with van der Waals surface area (Å²) >= 11 is 0. The minimum Gasteiger partial charge on any atom is -0.317 e. The molecule has 0 amide bonds. The average molecular weight is 532 g/mol. The summed E-state index contributed by atoms with van der Waals surface area (Å²) in [6.45, 7) is 11.9. The van der Waals surface area contributed by atoms with Crippen molar-refractivity contribution in [1.82, 2.24) is 0 Å². The van der Waals surface area contributed by atoms with Crippen molar-refractivity contribution in [1.29, 1.82) is 0 Å². The van der Waals surface area contributed by atoms with Crippen LogP contribution >= 0.6 is 0 Å². The van der Waals surface area contributed by atoms with Crippen LogP contribution in [0.1, 0.15) is 40.2 Å². The maximum atomic E-state index is 2.63. The van der Waals surface area contributed by atoms with Gasteiger partial charge in [-0.2, -0.15) is 0 Å². The molecule has 5 aromatic carbocycles. The Balaban J connectivity index is 1.50. The summed E-state index contributed by atoms with van der Waals surface area (Å²) in [5, 5.41) is 0. The van der Waals surface area contributed by atoms with Gasteiger partial charge in [-0.3, -0.25) is 0 Å². The van der Waals surface area contributed by atoms with Crippen LogP contribution < -0.4 is 31.1 Å². The smallest absolute Gasteiger partial charge is 0.252 e. The number of hydrogen-bond donors (Lipinski definition) is 0. The molecule has 3 aliphatic heterocycles. The molecule has 0 atom stereocenters. The summed E-state index contributed by atoms with van der Waals surface area (Å²) in [7, 11) is 0. The SMILES string of the molecule is CC(C)(C)c1cc2c3c(c1)N1c4c(cccc4N(c4ccccc4)C1(C)C)B3c1ccccc1N2c1ccccc1. The zero-order valence-corrected chi connectivity index (χ0v) is 24.4. The van der Waals surface area contributed by atoms with Crippen LogP contribution in [0.4, 0.5) is 39.8 Å². The first-order chi connectivity index (χ1) is 19.8. The van der Waals surface area contributed by atoms with E-state index in [0.717, 1.165) is 0 Å². The molecule has 0 spiro atoms. The van der Waals surface area contributed by atoms with E-state index in [9.17, 15) is 0 Å². The van der Waals surface area contributed by atoms with Crippen molar-refractivity contribution < 1.29 is 0 Å². The van der Waals surface area contributed by atoms with E-state index in [2.05, 4.69) is 165 Å². The predicted octanol–water partition coefficient (Wildman–Crippen LogP) is 7.62. The average Bonchev–Trinajstić information content (AvgIpc) is 3.22. The molecule has 200 valence electrons. The second-order valence-corrected chi connectivity index (χ2v) is 13.1. The fourth-order valence-corrected chi connectivity index (χ4v) is 7.44. The fraction of sp³-hybridized carbons (Fsp3) is 0.189. The van der Waals surface area contributed by atoms with Gasteiger partial charge in [0.25, 0.3) is 6.71 Å². The molecular formula is C37H34BN3. The highest BCUT2D eigenvalue weighted by Crippen LogP contribution is 2.55. The summed E-state index contributed by atoms with van der Waals surface area (Å²) in [4.78, 5) is 7.65. The van der Waals surface area contributed by atoms with Crippen molar-refractivity contribution in [2.24, 2.45) is 0 Å². The van der Waals surface area contributed by atoms with Gasteiger partial charge in [0.1, 0.15) is 5.66 Å². The molecule has 4 heteroatoms. The van der Waals surface area contributed by atoms with Crippen LogP contribution in [-0.4, -0.2) is 12.4 Å². The summed E-state index contributed by atoms with van der Waals surface area (Å²) in [6.07, 6.45) is 0. The molecule has 0 aromatic heterocycles. The van der Waals surface area contributed by atoms with Crippen LogP contribution in [0.2, 0.25) is 0 Å². The van der Waals surface area contributed by atoms with Crippen molar-refractivity contribution in [3.63, 3.8) is 0 Å². The van der Waals surface area contributed by atoms with E-state index in [1.807, 2.05) is 0 Å². The summed E-state index contributed by atoms with van der Waals surface area (Å²) < 4.78 is 0. The summed E-state index contributed by atoms with van der Waals surface area (Å²) in [5.41, 5.74) is 14.0. The Morgan fingerprint density at radius 2 is 1.15 bits per heavy atom. The molecule has 3 aliphatic rings. The highest BCUT2D eigenvalue weighted by atomic mass is 15.5. The first kappa shape index (κ1) is 24.4. The fourth-order valence-electron chi connectivity index (χ4n) is 7.44. The largest absolute Gasteiger partial charge is 0.317 e. The van der Waals surface area contributed by atoms with Gasteiger partial charge in [0.15, 0.2) is 0 Å². The van der Waals surface area contributed by atoms with Gasteiger partial charge in [0.2, 0.25) is 0 Å². The number of para-hydroxylation sites is 4. The maximum Gasteiger partial charge on any atom is 0.252 e. The Labute approximate surface area is 243 Å². The third-order valence-corrected chi connectivity index (χ3v) is 9.21. The van der Waals surface area contributed by atoms with Gasteiger partial charge in [-0.15, -0.1) is 0 Å². The molecule has 0 saturated heterocycles. The Kier molecular flexibility index (Phi) is 4.93. The molecule has 0 bridgehead atoms. The number of benzene rings is 5. The molecule has 0 fully saturated rings. The van der Waals surface area contributed by atoms with Crippen LogP contribution in [-0.2, 0) is 5.41 Å². The minimum absolute atomic E-state index is 0.0108. The van der Waals surface area contributed by atoms with Crippen LogP contribution in [0.15, 0.2) is 115 Å². The van der Waals surface area contributed by atoms with Gasteiger partial charge in [0.05, 0.1) is 11.4 Å². The van der Waals surface area contributed by atoms with Crippen molar-refractivity contribution in [3.05, 3.63) is 121 Å². The molecule has 3 heterocycles. The highest BCUT2D eigenvalue weighted by molar-refractivity contribution is 7.00. The van der Waals surface area contributed by atoms with E-state index in [4.69, 9.17) is 0 Å². The monoisotopic (exact) mass is 531 g/mol. The maximum absolute atomic E-state index is 2.63. The van der Waals surface area contributed by atoms with E-state index in [-0.39, 0.29) is 17.8 Å². The van der Waals surface area contributed by atoms with Gasteiger partial charge < -0.3 is 14.7 Å². The number of hydrogen-bond acceptors (Lipinski definition) is 3. The molecule has 8 rings (SSSR count). The third-order valence-electron chi connectivity index (χ3n) is 9.21. The van der Waals surface area contributed by atoms with E-state index >= 15 is 0 Å². The molecule has 0 aliphatic carbocycles. The molecule has 41 heavy (non-hydrogen) atoms. The van der Waals surface area contributed by atoms with Crippen LogP contribution in [0.25, 0.3) is 0 Å². The standard InChI is InChI=1S/C37H34BN3/c1-36(2,3)25-23-32-34-33(24-25)41-35-29(20-14-22-31(35)40(37(41,4)5)27-17-10-7-11-18-27)38(34)28-19-12-13-21-30(28)39(32)26-15-8-6-9-16-26/h6-24H,1-5H3. The van der Waals surface area contributed by atoms with E-state index in [0.29, 0.717) is 0 Å². The molecular weight excluding hydrogens is 497 g/mol. The second-order valence-electron chi connectivity index (χ2n) is 13.1. The van der Waals surface area contributed by atoms with Gasteiger partial charge >= 0.3 is 0 Å². The predicted molar refractivity (Wildman–Crippen MR) is 176 cm³/mol. The second kappa shape index (κ2) is 8.30. The zero-order chi connectivity index (χ0) is 28.1. The van der Waals surface area contributed by atoms with Gasteiger partial charge in [-0.1, -0.05) is 87.5 Å². The quantitative estimate of drug-likeness (QED) is 0.213. The molecule has 0 N–H and O–H groups in total. The van der Waals surface area contributed by atoms with E-state index < -0.39 is 0 Å². The number of nitrogens with zero attached hydrogens (tertiary/aromatic N) is 3. The van der Waals surface area contributed by atoms with E-state index in [1.165, 1.54) is 61.8 Å². The first-order valence-electron chi connectivity index (χ1n) is 14.7. The van der Waals surface area contributed by atoms with Crippen LogP contribution in [0.3, 0.4) is 0 Å². The van der Waals surface area contributed by atoms with Crippen molar-refractivity contribution in [2.75, 3.05) is 14.7 Å². The van der Waals surface area contributed by atoms with E-state index in [1.54, 1.807) is 0 Å². The first-order valence-corrected chi connectivity index (χ1v) is 14.7. The lowest BCUT2D eigenvalue weighted by atomic mass is 9.33. The van der Waals surface area contributed by atoms with Gasteiger partial charge in [-0.05, 0) is 89.7 Å². The lowest BCUT2D eigenvalue weighted by Crippen LogP contribution is -2.63. The Bertz CT molecular complexity index is 1820. The summed E-state index contributed by atoms with van der Waals surface area (Å²) in [5.74, 6) is 0. The third kappa shape index (κ3) is 3.28. The Morgan fingerprint density at radius 3 is 1.85 bits per heavy atom. The molecule has 0 saturated carbocycles. The highest BCUT2D eigenvalue weighted by Gasteiger charge is 2.52. The molecule has 0 unspecified atom stereocenters. The number of rotatable bonds is 2. The lowest BCUT2D eigenvalue weighted by Gasteiger charge is -2.47. The van der Waals surface area contributed by atoms with Crippen molar-refractivity contribution >= 4 is 62.9 Å². The number of anilines is 7. The molecule has 0 radical (unpaired) electrons. The normalized spacial score (nSPS) is 15.9. The Morgan fingerprint density at radius 1 is 0.561 bits per heavy atom. The molecule has 5 aromatic rings. The topological polar surface area (TPSA) is 9.72 Å². The number of fused-ring (bicyclic) bond motifs is 4. The lowest BCUT2D eigenvalue weighted by molar-refractivity contribution is 0.539. The van der Waals surface area contributed by atoms with Crippen LogP contribution in [0.5, 0.6) is 0 Å². The van der Waals surface area contributed by atoms with Crippen LogP contribution in [0, 0.1) is 0 Å². The molecule has 3 nitrogen and oxygen atoms in total. The van der Waals surface area contributed by atoms with Gasteiger partial charge in [-0.25, -0.2) is 0 Å². The zero-order valence-electron chi connectivity index (χ0n) is 24.4. The van der Waals surface area contributed by atoms with Crippen molar-refractivity contribution in [3.8, 4) is 0 Å². The minimum atomic E-state index is -0.316.